The molecule has 2 N–H and O–H groups in total. The normalized spacial score (nSPS) is 9.97. The summed E-state index contributed by atoms with van der Waals surface area (Å²) in [5, 5.41) is 10.7. The average Bonchev–Trinajstić information content (AvgIpc) is 2.74. The highest BCUT2D eigenvalue weighted by Crippen LogP contribution is 2.14. The number of non-ortho nitro benzene ring substituents is 1. The molecular weight excluding hydrogens is 382 g/mol. The van der Waals surface area contributed by atoms with Gasteiger partial charge in [0.1, 0.15) is 5.75 Å². The van der Waals surface area contributed by atoms with Crippen LogP contribution in [0.4, 0.5) is 5.69 Å². The summed E-state index contributed by atoms with van der Waals surface area (Å²) in [4.78, 5) is 45.5. The molecule has 0 bridgehead atoms. The van der Waals surface area contributed by atoms with Crippen LogP contribution in [0, 0.1) is 10.1 Å². The molecule has 152 valence electrons. The molecule has 0 saturated heterocycles. The van der Waals surface area contributed by atoms with Crippen LogP contribution < -0.4 is 15.6 Å². The number of hydrogen-bond donors (Lipinski definition) is 2. The van der Waals surface area contributed by atoms with E-state index >= 15 is 0 Å². The molecule has 0 aliphatic rings. The average molecular weight is 401 g/mol. The van der Waals surface area contributed by atoms with Crippen LogP contribution in [0.1, 0.15) is 34.1 Å². The minimum Gasteiger partial charge on any atom is -0.484 e. The first kappa shape index (κ1) is 21.4. The van der Waals surface area contributed by atoms with Crippen molar-refractivity contribution < 1.29 is 28.8 Å². The number of hydrazine groups is 1. The lowest BCUT2D eigenvalue weighted by atomic mass is 10.2. The molecule has 10 nitrogen and oxygen atoms in total. The zero-order valence-electron chi connectivity index (χ0n) is 15.5. The van der Waals surface area contributed by atoms with Crippen LogP contribution >= 0.6 is 0 Å². The molecule has 0 atom stereocenters. The molecule has 2 aromatic rings. The van der Waals surface area contributed by atoms with E-state index in [1.54, 1.807) is 0 Å². The van der Waals surface area contributed by atoms with E-state index < -0.39 is 29.3 Å². The topological polar surface area (TPSA) is 137 Å². The Morgan fingerprint density at radius 3 is 2.41 bits per heavy atom. The highest BCUT2D eigenvalue weighted by atomic mass is 16.6. The number of nitrogens with zero attached hydrogens (tertiary/aromatic N) is 1. The molecule has 0 radical (unpaired) electrons. The monoisotopic (exact) mass is 401 g/mol. The highest BCUT2D eigenvalue weighted by molar-refractivity contribution is 5.96. The van der Waals surface area contributed by atoms with Crippen LogP contribution in [0.25, 0.3) is 0 Å². The molecular formula is C19H19N3O7. The van der Waals surface area contributed by atoms with Gasteiger partial charge in [-0.1, -0.05) is 13.0 Å². The van der Waals surface area contributed by atoms with E-state index in [0.29, 0.717) is 17.9 Å². The van der Waals surface area contributed by atoms with Crippen molar-refractivity contribution in [3.8, 4) is 5.75 Å². The molecule has 0 fully saturated rings. The number of benzene rings is 2. The molecule has 0 heterocycles. The largest absolute Gasteiger partial charge is 0.484 e. The second-order valence-corrected chi connectivity index (χ2v) is 5.76. The Bertz CT molecular complexity index is 897. The minimum atomic E-state index is -0.711. The van der Waals surface area contributed by atoms with Gasteiger partial charge in [0.2, 0.25) is 0 Å². The quantitative estimate of drug-likeness (QED) is 0.392. The fourth-order valence-electron chi connectivity index (χ4n) is 2.11. The minimum absolute atomic E-state index is 0.0194. The lowest BCUT2D eigenvalue weighted by Gasteiger charge is -2.09. The second-order valence-electron chi connectivity index (χ2n) is 5.76. The Labute approximate surface area is 165 Å². The van der Waals surface area contributed by atoms with Crippen LogP contribution in [0.5, 0.6) is 5.75 Å². The van der Waals surface area contributed by atoms with Gasteiger partial charge in [0, 0.05) is 17.7 Å². The van der Waals surface area contributed by atoms with Gasteiger partial charge in [-0.3, -0.25) is 30.6 Å². The number of carbonyl (C=O) groups excluding carboxylic acids is 3. The number of nitro groups is 1. The third-order valence-electron chi connectivity index (χ3n) is 3.53. The summed E-state index contributed by atoms with van der Waals surface area (Å²) < 4.78 is 10.3. The van der Waals surface area contributed by atoms with Crippen molar-refractivity contribution in [1.82, 2.24) is 10.9 Å². The third-order valence-corrected chi connectivity index (χ3v) is 3.53. The first-order chi connectivity index (χ1) is 13.9. The van der Waals surface area contributed by atoms with Gasteiger partial charge in [0.25, 0.3) is 17.5 Å². The first-order valence-electron chi connectivity index (χ1n) is 8.64. The van der Waals surface area contributed by atoms with Crippen LogP contribution in [0.2, 0.25) is 0 Å². The third kappa shape index (κ3) is 6.61. The molecule has 10 heteroatoms. The Hall–Kier alpha value is -3.95. The molecule has 0 saturated carbocycles. The summed E-state index contributed by atoms with van der Waals surface area (Å²) >= 11 is 0. The van der Waals surface area contributed by atoms with Crippen LogP contribution in [0.3, 0.4) is 0 Å². The standard InChI is InChI=1S/C19H19N3O7/c1-2-10-28-19(25)13-6-8-16(9-7-13)29-12-17(23)20-21-18(24)14-4-3-5-15(11-14)22(26)27/h3-9,11H,2,10,12H2,1H3,(H,20,23)(H,21,24). The maximum atomic E-state index is 11.9. The first-order valence-corrected chi connectivity index (χ1v) is 8.64. The number of hydrogen-bond acceptors (Lipinski definition) is 7. The van der Waals surface area contributed by atoms with Crippen molar-refractivity contribution >= 4 is 23.5 Å². The fraction of sp³-hybridized carbons (Fsp3) is 0.211. The highest BCUT2D eigenvalue weighted by Gasteiger charge is 2.12. The van der Waals surface area contributed by atoms with Crippen LogP contribution in [0.15, 0.2) is 48.5 Å². The van der Waals surface area contributed by atoms with Gasteiger partial charge in [-0.15, -0.1) is 0 Å². The Balaban J connectivity index is 1.79. The van der Waals surface area contributed by atoms with E-state index in [1.165, 1.54) is 42.5 Å². The van der Waals surface area contributed by atoms with E-state index in [4.69, 9.17) is 9.47 Å². The molecule has 2 amide bonds. The summed E-state index contributed by atoms with van der Waals surface area (Å²) in [7, 11) is 0. The van der Waals surface area contributed by atoms with Crippen molar-refractivity contribution in [2.24, 2.45) is 0 Å². The smallest absolute Gasteiger partial charge is 0.338 e. The predicted molar refractivity (Wildman–Crippen MR) is 101 cm³/mol. The van der Waals surface area contributed by atoms with Gasteiger partial charge in [0.15, 0.2) is 6.61 Å². The summed E-state index contributed by atoms with van der Waals surface area (Å²) in [6, 6.07) is 11.1. The lowest BCUT2D eigenvalue weighted by molar-refractivity contribution is -0.384. The number of rotatable bonds is 8. The molecule has 29 heavy (non-hydrogen) atoms. The Morgan fingerprint density at radius 2 is 1.76 bits per heavy atom. The number of nitro benzene ring substituents is 1. The Morgan fingerprint density at radius 1 is 1.03 bits per heavy atom. The maximum absolute atomic E-state index is 11.9. The van der Waals surface area contributed by atoms with Gasteiger partial charge in [-0.05, 0) is 36.8 Å². The summed E-state index contributed by atoms with van der Waals surface area (Å²) in [6.07, 6.45) is 0.722. The fourth-order valence-corrected chi connectivity index (χ4v) is 2.11. The van der Waals surface area contributed by atoms with Crippen LogP contribution in [-0.4, -0.2) is 35.9 Å². The maximum Gasteiger partial charge on any atom is 0.338 e. The lowest BCUT2D eigenvalue weighted by Crippen LogP contribution is -2.43. The Kier molecular flexibility index (Phi) is 7.66. The van der Waals surface area contributed by atoms with Crippen molar-refractivity contribution in [3.63, 3.8) is 0 Å². The van der Waals surface area contributed by atoms with Crippen molar-refractivity contribution in [1.29, 1.82) is 0 Å². The number of nitrogens with one attached hydrogen (secondary N) is 2. The van der Waals surface area contributed by atoms with Gasteiger partial charge in [-0.25, -0.2) is 4.79 Å². The van der Waals surface area contributed by atoms with Gasteiger partial charge >= 0.3 is 5.97 Å². The molecule has 2 rings (SSSR count). The van der Waals surface area contributed by atoms with E-state index in [-0.39, 0.29) is 11.3 Å². The zero-order valence-corrected chi connectivity index (χ0v) is 15.5. The molecule has 0 aromatic heterocycles. The van der Waals surface area contributed by atoms with E-state index in [1.807, 2.05) is 6.92 Å². The van der Waals surface area contributed by atoms with Crippen molar-refractivity contribution in [2.45, 2.75) is 13.3 Å². The molecule has 0 spiro atoms. The SMILES string of the molecule is CCCOC(=O)c1ccc(OCC(=O)NNC(=O)c2cccc([N+](=O)[O-])c2)cc1. The molecule has 0 aliphatic carbocycles. The summed E-state index contributed by atoms with van der Waals surface area (Å²) in [5.41, 5.74) is 4.43. The number of amides is 2. The molecule has 0 unspecified atom stereocenters. The van der Waals surface area contributed by atoms with E-state index in [2.05, 4.69) is 10.9 Å². The van der Waals surface area contributed by atoms with Crippen molar-refractivity contribution in [2.75, 3.05) is 13.2 Å². The number of ether oxygens (including phenoxy) is 2. The predicted octanol–water partition coefficient (Wildman–Crippen LogP) is 2.00. The van der Waals surface area contributed by atoms with Gasteiger partial charge in [0.05, 0.1) is 17.1 Å². The van der Waals surface area contributed by atoms with Gasteiger partial charge < -0.3 is 9.47 Å². The van der Waals surface area contributed by atoms with Crippen molar-refractivity contribution in [3.05, 3.63) is 69.8 Å². The number of esters is 1. The zero-order chi connectivity index (χ0) is 21.2. The number of carbonyl (C=O) groups is 3. The summed E-state index contributed by atoms with van der Waals surface area (Å²) in [6.45, 7) is 1.83. The van der Waals surface area contributed by atoms with E-state index in [0.717, 1.165) is 12.5 Å². The molecule has 2 aromatic carbocycles. The summed E-state index contributed by atoms with van der Waals surface area (Å²) in [5.74, 6) is -1.45. The molecule has 0 aliphatic heterocycles. The van der Waals surface area contributed by atoms with Crippen LogP contribution in [-0.2, 0) is 9.53 Å². The van der Waals surface area contributed by atoms with E-state index in [9.17, 15) is 24.5 Å². The van der Waals surface area contributed by atoms with Gasteiger partial charge in [-0.2, -0.15) is 0 Å². The second kappa shape index (κ2) is 10.4.